The van der Waals surface area contributed by atoms with Crippen molar-refractivity contribution in [1.29, 1.82) is 0 Å². The van der Waals surface area contributed by atoms with Gasteiger partial charge in [0.05, 0.1) is 37.8 Å². The number of morpholine rings is 1. The van der Waals surface area contributed by atoms with Crippen LogP contribution < -0.4 is 15.2 Å². The van der Waals surface area contributed by atoms with E-state index in [-0.39, 0.29) is 5.56 Å². The molecule has 3 aromatic rings. The lowest BCUT2D eigenvalue weighted by atomic mass is 10.2. The molecule has 1 saturated heterocycles. The molecule has 2 aromatic carbocycles. The molecular weight excluding hydrogens is 398 g/mol. The van der Waals surface area contributed by atoms with Gasteiger partial charge in [0.25, 0.3) is 5.56 Å². The maximum Gasteiger partial charge on any atom is 0.262 e. The fraction of sp³-hybridized carbons (Fsp3) is 0.391. The van der Waals surface area contributed by atoms with Gasteiger partial charge in [-0.15, -0.1) is 0 Å². The molecule has 7 heteroatoms. The number of aromatic nitrogens is 2. The van der Waals surface area contributed by atoms with Gasteiger partial charge >= 0.3 is 0 Å². The van der Waals surface area contributed by atoms with E-state index in [4.69, 9.17) is 14.5 Å². The number of nitrogens with one attached hydrogen (secondary N) is 1. The number of benzene rings is 2. The Kier molecular flexibility index (Phi) is 7.04. The second-order valence-electron chi connectivity index (χ2n) is 7.47. The zero-order valence-electron chi connectivity index (χ0n) is 17.3. The molecule has 6 nitrogen and oxygen atoms in total. The minimum absolute atomic E-state index is 0.0470. The quantitative estimate of drug-likeness (QED) is 0.441. The zero-order chi connectivity index (χ0) is 20.8. The average Bonchev–Trinajstić information content (AvgIpc) is 2.80. The first kappa shape index (κ1) is 20.9. The first-order valence-corrected chi connectivity index (χ1v) is 11.4. The lowest BCUT2D eigenvalue weighted by Gasteiger charge is -2.24. The number of fused-ring (bicyclic) bond motifs is 1. The van der Waals surface area contributed by atoms with Crippen LogP contribution in [0.15, 0.2) is 58.5 Å². The largest absolute Gasteiger partial charge is 0.497 e. The Morgan fingerprint density at radius 2 is 2.00 bits per heavy atom. The van der Waals surface area contributed by atoms with Gasteiger partial charge in [-0.2, -0.15) is 0 Å². The molecule has 1 aliphatic rings. The van der Waals surface area contributed by atoms with Gasteiger partial charge in [-0.05, 0) is 29.8 Å². The zero-order valence-corrected chi connectivity index (χ0v) is 18.1. The van der Waals surface area contributed by atoms with Crippen LogP contribution in [0.4, 0.5) is 0 Å². The number of methoxy groups -OCH3 is 1. The molecule has 30 heavy (non-hydrogen) atoms. The highest BCUT2D eigenvalue weighted by atomic mass is 32.2. The van der Waals surface area contributed by atoms with Crippen LogP contribution in [0, 0.1) is 0 Å². The van der Waals surface area contributed by atoms with E-state index >= 15 is 0 Å². The van der Waals surface area contributed by atoms with Crippen LogP contribution in [-0.4, -0.2) is 49.5 Å². The summed E-state index contributed by atoms with van der Waals surface area (Å²) in [6.45, 7) is 5.47. The van der Waals surface area contributed by atoms with Gasteiger partial charge in [-0.25, -0.2) is 4.98 Å². The average molecular weight is 427 g/mol. The Labute approximate surface area is 180 Å². The number of ether oxygens (including phenoxy) is 2. The minimum atomic E-state index is 0.0470. The lowest BCUT2D eigenvalue weighted by molar-refractivity contribution is -0.908. The van der Waals surface area contributed by atoms with Crippen LogP contribution in [0.1, 0.15) is 12.0 Å². The number of rotatable bonds is 8. The summed E-state index contributed by atoms with van der Waals surface area (Å²) < 4.78 is 12.6. The molecule has 0 aliphatic carbocycles. The summed E-state index contributed by atoms with van der Waals surface area (Å²) in [7, 11) is 1.67. The van der Waals surface area contributed by atoms with Gasteiger partial charge in [0.1, 0.15) is 18.8 Å². The van der Waals surface area contributed by atoms with E-state index in [1.165, 1.54) is 0 Å². The molecule has 0 bridgehead atoms. The standard InChI is InChI=1S/C23H27N3O3S/c1-28-19-7-4-6-18(16-19)17-30-23-24-21-9-3-2-8-20(21)22(27)26(23)11-5-10-25-12-14-29-15-13-25/h2-4,6-9,16H,5,10-15,17H2,1H3/p+1. The fourth-order valence-electron chi connectivity index (χ4n) is 3.76. The maximum absolute atomic E-state index is 13.2. The van der Waals surface area contributed by atoms with Crippen LogP contribution in [0.5, 0.6) is 5.75 Å². The van der Waals surface area contributed by atoms with Crippen molar-refractivity contribution in [3.63, 3.8) is 0 Å². The Balaban J connectivity index is 1.54. The first-order chi connectivity index (χ1) is 14.7. The fourth-order valence-corrected chi connectivity index (χ4v) is 4.73. The number of quaternary nitrogens is 1. The first-order valence-electron chi connectivity index (χ1n) is 10.4. The van der Waals surface area contributed by atoms with E-state index in [9.17, 15) is 4.79 Å². The molecule has 0 radical (unpaired) electrons. The molecule has 1 N–H and O–H groups in total. The number of thioether (sulfide) groups is 1. The lowest BCUT2D eigenvalue weighted by Crippen LogP contribution is -3.14. The predicted octanol–water partition coefficient (Wildman–Crippen LogP) is 2.00. The Hall–Kier alpha value is -2.35. The second-order valence-corrected chi connectivity index (χ2v) is 8.42. The summed E-state index contributed by atoms with van der Waals surface area (Å²) in [6.07, 6.45) is 0.946. The maximum atomic E-state index is 13.2. The highest BCUT2D eigenvalue weighted by molar-refractivity contribution is 7.98. The predicted molar refractivity (Wildman–Crippen MR) is 120 cm³/mol. The van der Waals surface area contributed by atoms with Crippen molar-refractivity contribution in [2.75, 3.05) is 40.0 Å². The van der Waals surface area contributed by atoms with Crippen LogP contribution >= 0.6 is 11.8 Å². The molecule has 0 unspecified atom stereocenters. The van der Waals surface area contributed by atoms with Gasteiger partial charge in [0.15, 0.2) is 5.16 Å². The van der Waals surface area contributed by atoms with Crippen molar-refractivity contribution >= 4 is 22.7 Å². The summed E-state index contributed by atoms with van der Waals surface area (Å²) in [4.78, 5) is 19.6. The smallest absolute Gasteiger partial charge is 0.262 e. The van der Waals surface area contributed by atoms with Crippen molar-refractivity contribution in [2.24, 2.45) is 0 Å². The van der Waals surface area contributed by atoms with Gasteiger partial charge in [-0.3, -0.25) is 9.36 Å². The number of hydrogen-bond donors (Lipinski definition) is 1. The SMILES string of the molecule is COc1cccc(CSc2nc3ccccc3c(=O)n2CCC[NH+]2CCOCC2)c1. The van der Waals surface area contributed by atoms with E-state index in [1.807, 2.05) is 47.0 Å². The number of hydrogen-bond acceptors (Lipinski definition) is 5. The van der Waals surface area contributed by atoms with E-state index in [2.05, 4.69) is 6.07 Å². The molecule has 4 rings (SSSR count). The summed E-state index contributed by atoms with van der Waals surface area (Å²) in [6, 6.07) is 15.6. The molecular formula is C23H28N3O3S+. The van der Waals surface area contributed by atoms with Gasteiger partial charge in [-0.1, -0.05) is 36.0 Å². The highest BCUT2D eigenvalue weighted by Crippen LogP contribution is 2.24. The Morgan fingerprint density at radius 3 is 2.83 bits per heavy atom. The normalized spacial score (nSPS) is 14.8. The van der Waals surface area contributed by atoms with Crippen molar-refractivity contribution in [1.82, 2.24) is 9.55 Å². The summed E-state index contributed by atoms with van der Waals surface area (Å²) in [5.74, 6) is 1.57. The molecule has 1 fully saturated rings. The van der Waals surface area contributed by atoms with E-state index in [0.29, 0.717) is 11.9 Å². The van der Waals surface area contributed by atoms with E-state index < -0.39 is 0 Å². The number of para-hydroxylation sites is 1. The molecule has 0 spiro atoms. The monoisotopic (exact) mass is 426 g/mol. The van der Waals surface area contributed by atoms with E-state index in [1.54, 1.807) is 23.8 Å². The Morgan fingerprint density at radius 1 is 1.17 bits per heavy atom. The second kappa shape index (κ2) is 10.1. The van der Waals surface area contributed by atoms with Crippen LogP contribution in [0.2, 0.25) is 0 Å². The molecule has 0 atom stereocenters. The third kappa shape index (κ3) is 5.03. The van der Waals surface area contributed by atoms with Gasteiger partial charge < -0.3 is 14.4 Å². The summed E-state index contributed by atoms with van der Waals surface area (Å²) in [5.41, 5.74) is 1.95. The van der Waals surface area contributed by atoms with Crippen LogP contribution in [0.3, 0.4) is 0 Å². The molecule has 0 saturated carbocycles. The Bertz CT molecular complexity index is 1050. The molecule has 2 heterocycles. The van der Waals surface area contributed by atoms with Crippen molar-refractivity contribution in [2.45, 2.75) is 23.9 Å². The minimum Gasteiger partial charge on any atom is -0.497 e. The third-order valence-corrected chi connectivity index (χ3v) is 6.49. The third-order valence-electron chi connectivity index (χ3n) is 5.44. The van der Waals surface area contributed by atoms with E-state index in [0.717, 1.165) is 67.0 Å². The molecule has 0 amide bonds. The van der Waals surface area contributed by atoms with Crippen molar-refractivity contribution in [3.05, 3.63) is 64.4 Å². The highest BCUT2D eigenvalue weighted by Gasteiger charge is 2.15. The molecule has 1 aromatic heterocycles. The van der Waals surface area contributed by atoms with Gasteiger partial charge in [0.2, 0.25) is 0 Å². The van der Waals surface area contributed by atoms with Gasteiger partial charge in [0, 0.05) is 18.7 Å². The van der Waals surface area contributed by atoms with Crippen molar-refractivity contribution < 1.29 is 14.4 Å². The summed E-state index contributed by atoms with van der Waals surface area (Å²) >= 11 is 1.60. The molecule has 1 aliphatic heterocycles. The number of nitrogens with zero attached hydrogens (tertiary/aromatic N) is 2. The topological polar surface area (TPSA) is 57.8 Å². The van der Waals surface area contributed by atoms with Crippen molar-refractivity contribution in [3.8, 4) is 5.75 Å². The summed E-state index contributed by atoms with van der Waals surface area (Å²) in [5, 5.41) is 1.46. The van der Waals surface area contributed by atoms with Crippen LogP contribution in [-0.2, 0) is 17.0 Å². The molecule has 158 valence electrons. The van der Waals surface area contributed by atoms with Crippen LogP contribution in [0.25, 0.3) is 10.9 Å².